The predicted molar refractivity (Wildman–Crippen MR) is 150 cm³/mol. The fourth-order valence-electron chi connectivity index (χ4n) is 6.19. The Bertz CT molecular complexity index is 1010. The van der Waals surface area contributed by atoms with Crippen molar-refractivity contribution in [1.82, 2.24) is 14.7 Å². The Morgan fingerprint density at radius 3 is 2.66 bits per heavy atom. The van der Waals surface area contributed by atoms with Crippen LogP contribution in [0, 0.1) is 11.8 Å². The molecule has 1 aromatic carbocycles. The SMILES string of the molecule is CC(C)CCN1C(=O)C(CC(=O)N2CCC(N3CCc4ccccc4NC3=O)CC2)SC1C1CCCOC1. The van der Waals surface area contributed by atoms with E-state index in [1.54, 1.807) is 11.8 Å². The maximum atomic E-state index is 13.5. The zero-order valence-electron chi connectivity index (χ0n) is 22.8. The van der Waals surface area contributed by atoms with Crippen LogP contribution in [0.25, 0.3) is 0 Å². The molecular formula is C29H42N4O4S. The molecule has 4 amide bonds. The van der Waals surface area contributed by atoms with Crippen molar-refractivity contribution in [2.45, 2.75) is 75.5 Å². The third kappa shape index (κ3) is 6.14. The van der Waals surface area contributed by atoms with Gasteiger partial charge in [-0.2, -0.15) is 0 Å². The van der Waals surface area contributed by atoms with Crippen LogP contribution >= 0.6 is 11.8 Å². The summed E-state index contributed by atoms with van der Waals surface area (Å²) in [6, 6.07) is 8.05. The second-order valence-corrected chi connectivity index (χ2v) is 12.9. The van der Waals surface area contributed by atoms with E-state index in [4.69, 9.17) is 4.74 Å². The summed E-state index contributed by atoms with van der Waals surface area (Å²) in [5.74, 6) is 1.05. The van der Waals surface area contributed by atoms with Crippen LogP contribution in [0.3, 0.4) is 0 Å². The van der Waals surface area contributed by atoms with Gasteiger partial charge < -0.3 is 24.8 Å². The molecule has 3 unspecified atom stereocenters. The molecule has 1 N–H and O–H groups in total. The van der Waals surface area contributed by atoms with E-state index in [1.165, 1.54) is 0 Å². The number of thioether (sulfide) groups is 1. The van der Waals surface area contributed by atoms with Gasteiger partial charge in [-0.15, -0.1) is 11.8 Å². The predicted octanol–water partition coefficient (Wildman–Crippen LogP) is 4.20. The van der Waals surface area contributed by atoms with E-state index >= 15 is 0 Å². The summed E-state index contributed by atoms with van der Waals surface area (Å²) in [6.07, 6.45) is 5.71. The van der Waals surface area contributed by atoms with E-state index in [0.717, 1.165) is 62.9 Å². The van der Waals surface area contributed by atoms with Crippen LogP contribution in [0.2, 0.25) is 0 Å². The van der Waals surface area contributed by atoms with Crippen molar-refractivity contribution in [3.8, 4) is 0 Å². The van der Waals surface area contributed by atoms with Gasteiger partial charge in [-0.1, -0.05) is 32.0 Å². The van der Waals surface area contributed by atoms with Gasteiger partial charge in [-0.3, -0.25) is 9.59 Å². The molecule has 3 saturated heterocycles. The summed E-state index contributed by atoms with van der Waals surface area (Å²) in [4.78, 5) is 45.6. The van der Waals surface area contributed by atoms with E-state index < -0.39 is 0 Å². The first kappa shape index (κ1) is 27.3. The fourth-order valence-corrected chi connectivity index (χ4v) is 7.81. The maximum Gasteiger partial charge on any atom is 0.322 e. The number of likely N-dealkylation sites (tertiary alicyclic amines) is 1. The van der Waals surface area contributed by atoms with Crippen molar-refractivity contribution in [3.05, 3.63) is 29.8 Å². The topological polar surface area (TPSA) is 82.2 Å². The van der Waals surface area contributed by atoms with Crippen LogP contribution in [-0.2, 0) is 20.7 Å². The largest absolute Gasteiger partial charge is 0.381 e. The number of urea groups is 1. The molecule has 3 atom stereocenters. The summed E-state index contributed by atoms with van der Waals surface area (Å²) in [5, 5.41) is 2.86. The molecule has 0 aliphatic carbocycles. The van der Waals surface area contributed by atoms with Crippen molar-refractivity contribution in [2.24, 2.45) is 11.8 Å². The van der Waals surface area contributed by atoms with Gasteiger partial charge in [0.25, 0.3) is 0 Å². The summed E-state index contributed by atoms with van der Waals surface area (Å²) >= 11 is 1.69. The van der Waals surface area contributed by atoms with Gasteiger partial charge in [0.05, 0.1) is 17.2 Å². The molecule has 0 radical (unpaired) electrons. The van der Waals surface area contributed by atoms with Crippen molar-refractivity contribution in [3.63, 3.8) is 0 Å². The van der Waals surface area contributed by atoms with Crippen LogP contribution in [0.1, 0.15) is 57.9 Å². The number of piperidine rings is 1. The molecule has 8 nitrogen and oxygen atoms in total. The molecule has 208 valence electrons. The number of rotatable bonds is 7. The quantitative estimate of drug-likeness (QED) is 0.559. The smallest absolute Gasteiger partial charge is 0.322 e. The highest BCUT2D eigenvalue weighted by Gasteiger charge is 2.45. The number of nitrogens with zero attached hydrogens (tertiary/aromatic N) is 3. The lowest BCUT2D eigenvalue weighted by Gasteiger charge is -2.38. The molecule has 4 aliphatic rings. The maximum absolute atomic E-state index is 13.5. The van der Waals surface area contributed by atoms with Crippen molar-refractivity contribution in [2.75, 3.05) is 44.7 Å². The lowest BCUT2D eigenvalue weighted by atomic mass is 10.0. The zero-order chi connectivity index (χ0) is 26.6. The Labute approximate surface area is 230 Å². The lowest BCUT2D eigenvalue weighted by molar-refractivity contribution is -0.137. The summed E-state index contributed by atoms with van der Waals surface area (Å²) in [6.45, 7) is 8.57. The highest BCUT2D eigenvalue weighted by molar-refractivity contribution is 8.01. The van der Waals surface area contributed by atoms with Crippen molar-refractivity contribution >= 4 is 35.3 Å². The fraction of sp³-hybridized carbons (Fsp3) is 0.690. The highest BCUT2D eigenvalue weighted by atomic mass is 32.2. The standard InChI is InChI=1S/C29H42N4O4S/c1-20(2)9-15-33-27(35)25(38-28(33)22-7-5-17-37-19-22)18-26(34)31-13-11-23(12-14-31)32-16-10-21-6-3-4-8-24(21)30-29(32)36/h3-4,6,8,20,22-23,25,28H,5,7,9-19H2,1-2H3,(H,30,36). The number of ether oxygens (including phenoxy) is 1. The van der Waals surface area contributed by atoms with Gasteiger partial charge in [0.1, 0.15) is 0 Å². The summed E-state index contributed by atoms with van der Waals surface area (Å²) < 4.78 is 5.75. The van der Waals surface area contributed by atoms with Crippen LogP contribution in [-0.4, -0.2) is 88.6 Å². The Morgan fingerprint density at radius 2 is 1.92 bits per heavy atom. The Balaban J connectivity index is 1.15. The summed E-state index contributed by atoms with van der Waals surface area (Å²) in [5.41, 5.74) is 2.06. The van der Waals surface area contributed by atoms with Gasteiger partial charge >= 0.3 is 6.03 Å². The average molecular weight is 543 g/mol. The molecule has 4 heterocycles. The first-order chi connectivity index (χ1) is 18.4. The second kappa shape index (κ2) is 12.3. The molecule has 3 fully saturated rings. The summed E-state index contributed by atoms with van der Waals surface area (Å²) in [7, 11) is 0. The van der Waals surface area contributed by atoms with Crippen LogP contribution in [0.5, 0.6) is 0 Å². The molecular weight excluding hydrogens is 500 g/mol. The average Bonchev–Trinajstić information content (AvgIpc) is 3.12. The van der Waals surface area contributed by atoms with Gasteiger partial charge in [0.2, 0.25) is 11.8 Å². The first-order valence-corrected chi connectivity index (χ1v) is 15.3. The van der Waals surface area contributed by atoms with Crippen LogP contribution in [0.15, 0.2) is 24.3 Å². The van der Waals surface area contributed by atoms with E-state index in [2.05, 4.69) is 25.2 Å². The van der Waals surface area contributed by atoms with Gasteiger partial charge in [-0.05, 0) is 56.1 Å². The van der Waals surface area contributed by atoms with Crippen LogP contribution in [0.4, 0.5) is 10.5 Å². The molecule has 0 spiro atoms. The minimum Gasteiger partial charge on any atom is -0.381 e. The number of fused-ring (bicyclic) bond motifs is 1. The number of anilines is 1. The monoisotopic (exact) mass is 542 g/mol. The zero-order valence-corrected chi connectivity index (χ0v) is 23.6. The van der Waals surface area contributed by atoms with Crippen molar-refractivity contribution in [1.29, 1.82) is 0 Å². The van der Waals surface area contributed by atoms with E-state index in [0.29, 0.717) is 38.1 Å². The number of carbonyl (C=O) groups excluding carboxylic acids is 3. The van der Waals surface area contributed by atoms with Gasteiger partial charge in [0, 0.05) is 56.9 Å². The third-order valence-corrected chi connectivity index (χ3v) is 10.1. The van der Waals surface area contributed by atoms with Gasteiger partial charge in [0.15, 0.2) is 0 Å². The Morgan fingerprint density at radius 1 is 1.13 bits per heavy atom. The van der Waals surface area contributed by atoms with E-state index in [1.807, 2.05) is 32.9 Å². The molecule has 0 saturated carbocycles. The number of nitrogens with one attached hydrogen (secondary N) is 1. The number of hydrogen-bond acceptors (Lipinski definition) is 5. The number of para-hydroxylation sites is 1. The van der Waals surface area contributed by atoms with Crippen molar-refractivity contribution < 1.29 is 19.1 Å². The molecule has 4 aliphatic heterocycles. The van der Waals surface area contributed by atoms with E-state index in [9.17, 15) is 14.4 Å². The molecule has 9 heteroatoms. The number of hydrogen-bond donors (Lipinski definition) is 1. The number of benzene rings is 1. The Kier molecular flexibility index (Phi) is 8.83. The highest BCUT2D eigenvalue weighted by Crippen LogP contribution is 2.41. The number of amides is 4. The van der Waals surface area contributed by atoms with Gasteiger partial charge in [-0.25, -0.2) is 4.79 Å². The molecule has 38 heavy (non-hydrogen) atoms. The minimum absolute atomic E-state index is 0.0492. The first-order valence-electron chi connectivity index (χ1n) is 14.4. The molecule has 0 aromatic heterocycles. The van der Waals surface area contributed by atoms with E-state index in [-0.39, 0.29) is 40.9 Å². The second-order valence-electron chi connectivity index (χ2n) is 11.6. The minimum atomic E-state index is -0.311. The molecule has 5 rings (SSSR count). The Hall–Kier alpha value is -2.26. The molecule has 0 bridgehead atoms. The molecule has 1 aromatic rings. The number of carbonyl (C=O) groups is 3. The normalized spacial score (nSPS) is 26.9. The van der Waals surface area contributed by atoms with Crippen LogP contribution < -0.4 is 5.32 Å². The third-order valence-electron chi connectivity index (χ3n) is 8.48. The lowest BCUT2D eigenvalue weighted by Crippen LogP contribution is -2.50.